The third-order valence-corrected chi connectivity index (χ3v) is 4.53. The van der Waals surface area contributed by atoms with Gasteiger partial charge in [-0.1, -0.05) is 0 Å². The number of hydrogen-bond donors (Lipinski definition) is 1. The zero-order chi connectivity index (χ0) is 12.8. The van der Waals surface area contributed by atoms with Gasteiger partial charge >= 0.3 is 0 Å². The first-order valence-electron chi connectivity index (χ1n) is 6.19. The van der Waals surface area contributed by atoms with Gasteiger partial charge in [-0.25, -0.2) is 4.98 Å². The van der Waals surface area contributed by atoms with Crippen LogP contribution in [0.2, 0.25) is 0 Å². The average molecular weight is 260 g/mol. The molecule has 0 amide bonds. The van der Waals surface area contributed by atoms with Crippen LogP contribution in [0, 0.1) is 0 Å². The second-order valence-corrected chi connectivity index (χ2v) is 6.30. The third-order valence-electron chi connectivity index (χ3n) is 3.10. The van der Waals surface area contributed by atoms with E-state index in [1.165, 1.54) is 12.8 Å². The van der Waals surface area contributed by atoms with Crippen LogP contribution in [-0.4, -0.2) is 15.1 Å². The van der Waals surface area contributed by atoms with Gasteiger partial charge in [0.2, 0.25) is 0 Å². The van der Waals surface area contributed by atoms with Gasteiger partial charge in [-0.3, -0.25) is 4.98 Å². The molecular formula is C14H16N2OS. The average Bonchev–Trinajstić information content (AvgIpc) is 3.07. The van der Waals surface area contributed by atoms with E-state index in [0.29, 0.717) is 5.92 Å². The topological polar surface area (TPSA) is 46.0 Å². The maximum atomic E-state index is 10.3. The van der Waals surface area contributed by atoms with Crippen LogP contribution in [0.5, 0.6) is 0 Å². The molecule has 1 N–H and O–H groups in total. The number of aromatic nitrogens is 2. The second kappa shape index (κ2) is 4.14. The molecule has 1 aliphatic rings. The summed E-state index contributed by atoms with van der Waals surface area (Å²) in [6.07, 6.45) is 5.94. The summed E-state index contributed by atoms with van der Waals surface area (Å²) < 4.78 is 0. The van der Waals surface area contributed by atoms with Crippen molar-refractivity contribution in [1.82, 2.24) is 9.97 Å². The second-order valence-electron chi connectivity index (χ2n) is 5.30. The summed E-state index contributed by atoms with van der Waals surface area (Å²) in [4.78, 5) is 9.77. The van der Waals surface area contributed by atoms with Crippen LogP contribution in [0.4, 0.5) is 0 Å². The van der Waals surface area contributed by atoms with Crippen LogP contribution >= 0.6 is 11.3 Å². The number of pyridine rings is 1. The van der Waals surface area contributed by atoms with Crippen LogP contribution in [0.1, 0.15) is 43.2 Å². The van der Waals surface area contributed by atoms with Gasteiger partial charge in [0.1, 0.15) is 5.01 Å². The first-order valence-corrected chi connectivity index (χ1v) is 7.01. The predicted octanol–water partition coefficient (Wildman–Crippen LogP) is 3.31. The molecule has 4 heteroatoms. The predicted molar refractivity (Wildman–Crippen MR) is 72.6 cm³/mol. The lowest BCUT2D eigenvalue weighted by Gasteiger charge is -2.16. The molecule has 0 bridgehead atoms. The van der Waals surface area contributed by atoms with Crippen molar-refractivity contribution in [2.45, 2.75) is 38.2 Å². The van der Waals surface area contributed by atoms with Gasteiger partial charge in [0.15, 0.2) is 0 Å². The lowest BCUT2D eigenvalue weighted by molar-refractivity contribution is 0.0813. The van der Waals surface area contributed by atoms with Gasteiger partial charge < -0.3 is 5.11 Å². The van der Waals surface area contributed by atoms with E-state index >= 15 is 0 Å². The molecule has 0 aliphatic heterocycles. The Kier molecular flexibility index (Phi) is 2.72. The minimum absolute atomic E-state index is 0.554. The van der Waals surface area contributed by atoms with Gasteiger partial charge in [-0.05, 0) is 38.8 Å². The molecule has 0 aromatic carbocycles. The Bertz CT molecular complexity index is 553. The number of aliphatic hydroxyl groups is 1. The minimum atomic E-state index is -0.805. The maximum Gasteiger partial charge on any atom is 0.124 e. The molecular weight excluding hydrogens is 244 g/mol. The standard InChI is InChI=1S/C14H16N2OS/c1-14(2,17)12-11(9-3-4-9)16-13(18-12)10-5-7-15-8-6-10/h5-9,17H,3-4H2,1-2H3. The van der Waals surface area contributed by atoms with Crippen LogP contribution in [0.3, 0.4) is 0 Å². The zero-order valence-corrected chi connectivity index (χ0v) is 11.4. The number of nitrogens with zero attached hydrogens (tertiary/aromatic N) is 2. The van der Waals surface area contributed by atoms with Gasteiger partial charge in [-0.2, -0.15) is 0 Å². The molecule has 94 valence electrons. The van der Waals surface area contributed by atoms with Crippen molar-refractivity contribution >= 4 is 11.3 Å². The van der Waals surface area contributed by atoms with Crippen molar-refractivity contribution in [3.63, 3.8) is 0 Å². The van der Waals surface area contributed by atoms with Crippen LogP contribution in [0.15, 0.2) is 24.5 Å². The van der Waals surface area contributed by atoms with Gasteiger partial charge in [0.05, 0.1) is 16.2 Å². The van der Waals surface area contributed by atoms with Gasteiger partial charge in [0.25, 0.3) is 0 Å². The smallest absolute Gasteiger partial charge is 0.124 e. The molecule has 0 saturated heterocycles. The van der Waals surface area contributed by atoms with Crippen molar-refractivity contribution in [3.8, 4) is 10.6 Å². The van der Waals surface area contributed by atoms with Gasteiger partial charge in [-0.15, -0.1) is 11.3 Å². The molecule has 0 atom stereocenters. The van der Waals surface area contributed by atoms with Crippen LogP contribution < -0.4 is 0 Å². The fourth-order valence-corrected chi connectivity index (χ4v) is 3.18. The van der Waals surface area contributed by atoms with E-state index in [1.54, 1.807) is 23.7 Å². The highest BCUT2D eigenvalue weighted by atomic mass is 32.1. The van der Waals surface area contributed by atoms with Crippen molar-refractivity contribution in [1.29, 1.82) is 0 Å². The molecule has 1 fully saturated rings. The molecule has 2 aromatic heterocycles. The first-order chi connectivity index (χ1) is 8.55. The molecule has 1 saturated carbocycles. The zero-order valence-electron chi connectivity index (χ0n) is 10.6. The summed E-state index contributed by atoms with van der Waals surface area (Å²) in [7, 11) is 0. The summed E-state index contributed by atoms with van der Waals surface area (Å²) in [6, 6.07) is 3.92. The van der Waals surface area contributed by atoms with Crippen molar-refractivity contribution < 1.29 is 5.11 Å². The lowest BCUT2D eigenvalue weighted by atomic mass is 10.0. The maximum absolute atomic E-state index is 10.3. The van der Waals surface area contributed by atoms with E-state index in [4.69, 9.17) is 4.98 Å². The number of thiazole rings is 1. The summed E-state index contributed by atoms with van der Waals surface area (Å²) >= 11 is 1.60. The Morgan fingerprint density at radius 3 is 2.50 bits per heavy atom. The summed E-state index contributed by atoms with van der Waals surface area (Å²) in [5.74, 6) is 0.554. The molecule has 2 heterocycles. The van der Waals surface area contributed by atoms with Gasteiger partial charge in [0, 0.05) is 23.9 Å². The molecule has 3 rings (SSSR count). The van der Waals surface area contributed by atoms with Crippen LogP contribution in [-0.2, 0) is 5.60 Å². The Morgan fingerprint density at radius 2 is 1.94 bits per heavy atom. The Labute approximate surface area is 111 Å². The van der Waals surface area contributed by atoms with E-state index in [0.717, 1.165) is 21.1 Å². The van der Waals surface area contributed by atoms with E-state index < -0.39 is 5.60 Å². The summed E-state index contributed by atoms with van der Waals surface area (Å²) in [5.41, 5.74) is 1.37. The highest BCUT2D eigenvalue weighted by molar-refractivity contribution is 7.15. The van der Waals surface area contributed by atoms with E-state index in [2.05, 4.69) is 4.98 Å². The molecule has 0 spiro atoms. The fraction of sp³-hybridized carbons (Fsp3) is 0.429. The summed E-state index contributed by atoms with van der Waals surface area (Å²) in [5, 5.41) is 11.2. The molecule has 18 heavy (non-hydrogen) atoms. The van der Waals surface area contributed by atoms with E-state index in [-0.39, 0.29) is 0 Å². The number of hydrogen-bond acceptors (Lipinski definition) is 4. The normalized spacial score (nSPS) is 15.9. The van der Waals surface area contributed by atoms with Crippen molar-refractivity contribution in [2.24, 2.45) is 0 Å². The highest BCUT2D eigenvalue weighted by Crippen LogP contribution is 2.47. The molecule has 2 aromatic rings. The Morgan fingerprint density at radius 1 is 1.28 bits per heavy atom. The number of rotatable bonds is 3. The minimum Gasteiger partial charge on any atom is -0.385 e. The lowest BCUT2D eigenvalue weighted by Crippen LogP contribution is -2.15. The van der Waals surface area contributed by atoms with Crippen molar-refractivity contribution in [3.05, 3.63) is 35.1 Å². The van der Waals surface area contributed by atoms with Crippen molar-refractivity contribution in [2.75, 3.05) is 0 Å². The molecule has 1 aliphatic carbocycles. The third kappa shape index (κ3) is 2.18. The fourth-order valence-electron chi connectivity index (χ4n) is 2.02. The Balaban J connectivity index is 2.08. The quantitative estimate of drug-likeness (QED) is 0.921. The Hall–Kier alpha value is -1.26. The SMILES string of the molecule is CC(C)(O)c1sc(-c2ccncc2)nc1C1CC1. The first kappa shape index (κ1) is 11.8. The summed E-state index contributed by atoms with van der Waals surface area (Å²) in [6.45, 7) is 3.67. The molecule has 3 nitrogen and oxygen atoms in total. The monoisotopic (exact) mass is 260 g/mol. The van der Waals surface area contributed by atoms with Crippen LogP contribution in [0.25, 0.3) is 10.6 Å². The highest BCUT2D eigenvalue weighted by Gasteiger charge is 2.34. The largest absolute Gasteiger partial charge is 0.385 e. The molecule has 0 radical (unpaired) electrons. The molecule has 0 unspecified atom stereocenters. The van der Waals surface area contributed by atoms with E-state index in [1.807, 2.05) is 26.0 Å². The van der Waals surface area contributed by atoms with E-state index in [9.17, 15) is 5.11 Å².